The number of hydrogen-bond donors (Lipinski definition) is 4. The van der Waals surface area contributed by atoms with Gasteiger partial charge >= 0.3 is 0 Å². The van der Waals surface area contributed by atoms with Crippen LogP contribution in [-0.2, 0) is 27.5 Å². The molecule has 5 N–H and O–H groups in total. The van der Waals surface area contributed by atoms with E-state index >= 15 is 0 Å². The van der Waals surface area contributed by atoms with E-state index in [4.69, 9.17) is 15.3 Å². The van der Waals surface area contributed by atoms with Crippen molar-refractivity contribution in [2.24, 2.45) is 11.7 Å². The number of nitrogens with zero attached hydrogens (tertiary/aromatic N) is 5. The highest BCUT2D eigenvalue weighted by Gasteiger charge is 2.35. The van der Waals surface area contributed by atoms with Crippen LogP contribution in [0.3, 0.4) is 0 Å². The third-order valence-electron chi connectivity index (χ3n) is 11.6. The first-order valence-corrected chi connectivity index (χ1v) is 20.1. The fourth-order valence-electron chi connectivity index (χ4n) is 8.02. The van der Waals surface area contributed by atoms with Gasteiger partial charge in [-0.1, -0.05) is 43.5 Å². The molecule has 2 aromatic carbocycles. The van der Waals surface area contributed by atoms with Gasteiger partial charge in [-0.15, -0.1) is 0 Å². The summed E-state index contributed by atoms with van der Waals surface area (Å²) in [7, 11) is 5.69. The standard InChI is InChI=1S/C43H56N8O3.CH3NO/c1-29-35-16-13-32(14-17-38-33(26-44)25-39(46-38)30(2)48(4)5)24-41(35)51(47-29)21-8-6-7-10-31-19-22-49(23-20-31)40-12-9-11-36-37(40)27-50(43(36)54)34(28-52)15-18-42(53)45-3;2-1-3/h9,11-14,16-17,24-26,28,30-31,34,44,46H,6-8,10,15,18-23,27H2,1-5H3,(H,45,53);1H,(H2,2,3)/b17-14+,44-26?;. The smallest absolute Gasteiger partial charge is 0.255 e. The predicted molar refractivity (Wildman–Crippen MR) is 227 cm³/mol. The van der Waals surface area contributed by atoms with Gasteiger partial charge in [0.2, 0.25) is 12.3 Å². The number of hydrogen-bond acceptors (Lipinski definition) is 8. The van der Waals surface area contributed by atoms with Crippen LogP contribution in [0.2, 0.25) is 0 Å². The van der Waals surface area contributed by atoms with Gasteiger partial charge in [-0.25, -0.2) is 0 Å². The summed E-state index contributed by atoms with van der Waals surface area (Å²) in [6, 6.07) is 14.1. The molecule has 0 bridgehead atoms. The second-order valence-electron chi connectivity index (χ2n) is 15.4. The Bertz CT molecular complexity index is 2060. The number of nitrogens with two attached hydrogens (primary N) is 1. The summed E-state index contributed by atoms with van der Waals surface area (Å²) in [5, 5.41) is 16.6. The number of fused-ring (bicyclic) bond motifs is 2. The molecule has 13 heteroatoms. The van der Waals surface area contributed by atoms with Crippen molar-refractivity contribution in [3.63, 3.8) is 0 Å². The number of aromatic amines is 1. The minimum atomic E-state index is -0.611. The minimum absolute atomic E-state index is 0.124. The quantitative estimate of drug-likeness (QED) is 0.0570. The lowest BCUT2D eigenvalue weighted by Crippen LogP contribution is -2.38. The Hall–Kier alpha value is -5.56. The van der Waals surface area contributed by atoms with Gasteiger partial charge in [0.1, 0.15) is 6.29 Å². The van der Waals surface area contributed by atoms with Crippen LogP contribution in [0.5, 0.6) is 0 Å². The zero-order valence-electron chi connectivity index (χ0n) is 34.1. The fraction of sp³-hybridized carbons (Fsp3) is 0.455. The molecule has 2 aliphatic rings. The number of rotatable bonds is 17. The van der Waals surface area contributed by atoms with Gasteiger partial charge in [-0.05, 0) is 95.4 Å². The molecular weight excluding hydrogens is 719 g/mol. The lowest BCUT2D eigenvalue weighted by Gasteiger charge is -2.35. The van der Waals surface area contributed by atoms with Gasteiger partial charge in [-0.3, -0.25) is 19.1 Å². The summed E-state index contributed by atoms with van der Waals surface area (Å²) in [4.78, 5) is 55.3. The van der Waals surface area contributed by atoms with Crippen LogP contribution in [0.1, 0.15) is 108 Å². The molecule has 0 saturated carbocycles. The molecule has 57 heavy (non-hydrogen) atoms. The van der Waals surface area contributed by atoms with Crippen LogP contribution >= 0.6 is 0 Å². The summed E-state index contributed by atoms with van der Waals surface area (Å²) < 4.78 is 2.17. The highest BCUT2D eigenvalue weighted by atomic mass is 16.2. The Kier molecular flexibility index (Phi) is 15.0. The second kappa shape index (κ2) is 20.0. The molecular formula is C44H59N9O4. The van der Waals surface area contributed by atoms with Crippen molar-refractivity contribution in [2.45, 2.75) is 90.4 Å². The van der Waals surface area contributed by atoms with E-state index in [0.29, 0.717) is 24.4 Å². The number of carbonyl (C=O) groups excluding carboxylic acids is 4. The van der Waals surface area contributed by atoms with Crippen LogP contribution < -0.4 is 16.0 Å². The molecule has 0 radical (unpaired) electrons. The van der Waals surface area contributed by atoms with Gasteiger partial charge in [-0.2, -0.15) is 5.10 Å². The molecule has 1 fully saturated rings. The first kappa shape index (κ1) is 42.6. The van der Waals surface area contributed by atoms with Crippen molar-refractivity contribution >= 4 is 59.5 Å². The molecule has 4 aromatic rings. The van der Waals surface area contributed by atoms with Crippen molar-refractivity contribution in [2.75, 3.05) is 39.1 Å². The van der Waals surface area contributed by atoms with Crippen molar-refractivity contribution in [3.8, 4) is 0 Å². The Morgan fingerprint density at radius 1 is 1.11 bits per heavy atom. The number of nitrogens with one attached hydrogen (secondary N) is 3. The molecule has 0 spiro atoms. The summed E-state index contributed by atoms with van der Waals surface area (Å²) in [5.74, 6) is 0.436. The Labute approximate surface area is 336 Å². The number of aryl methyl sites for hydroxylation is 2. The molecule has 1 saturated heterocycles. The van der Waals surface area contributed by atoms with Crippen LogP contribution in [-0.4, -0.2) is 95.6 Å². The number of unbranched alkanes of at least 4 members (excludes halogenated alkanes) is 2. The summed E-state index contributed by atoms with van der Waals surface area (Å²) in [6.07, 6.45) is 14.1. The molecule has 6 rings (SSSR count). The van der Waals surface area contributed by atoms with Gasteiger partial charge in [0.25, 0.3) is 5.91 Å². The third-order valence-corrected chi connectivity index (χ3v) is 11.6. The summed E-state index contributed by atoms with van der Waals surface area (Å²) in [5.41, 5.74) is 13.2. The number of primary amides is 1. The van der Waals surface area contributed by atoms with E-state index in [1.807, 2.05) is 12.1 Å². The predicted octanol–water partition coefficient (Wildman–Crippen LogP) is 6.09. The maximum atomic E-state index is 13.3. The van der Waals surface area contributed by atoms with Crippen molar-refractivity contribution in [3.05, 3.63) is 81.8 Å². The molecule has 2 aromatic heterocycles. The Morgan fingerprint density at radius 3 is 2.54 bits per heavy atom. The second-order valence-corrected chi connectivity index (χ2v) is 15.4. The van der Waals surface area contributed by atoms with Crippen LogP contribution in [0.4, 0.5) is 5.69 Å². The van der Waals surface area contributed by atoms with E-state index in [2.05, 4.69) is 101 Å². The van der Waals surface area contributed by atoms with Crippen molar-refractivity contribution in [1.29, 1.82) is 5.41 Å². The van der Waals surface area contributed by atoms with E-state index in [9.17, 15) is 14.4 Å². The highest BCUT2D eigenvalue weighted by Crippen LogP contribution is 2.36. The molecule has 13 nitrogen and oxygen atoms in total. The average molecular weight is 778 g/mol. The van der Waals surface area contributed by atoms with Gasteiger partial charge < -0.3 is 40.9 Å². The number of aromatic nitrogens is 3. The first-order chi connectivity index (χ1) is 27.5. The third kappa shape index (κ3) is 10.3. The van der Waals surface area contributed by atoms with Crippen LogP contribution in [0, 0.1) is 18.3 Å². The lowest BCUT2D eigenvalue weighted by atomic mass is 9.90. The molecule has 0 aliphatic carbocycles. The molecule has 304 valence electrons. The number of anilines is 1. The van der Waals surface area contributed by atoms with Gasteiger partial charge in [0.15, 0.2) is 0 Å². The lowest BCUT2D eigenvalue weighted by molar-refractivity contribution is -0.121. The first-order valence-electron chi connectivity index (χ1n) is 20.1. The van der Waals surface area contributed by atoms with E-state index in [1.165, 1.54) is 24.4 Å². The average Bonchev–Trinajstić information content (AvgIpc) is 3.89. The monoisotopic (exact) mass is 777 g/mol. The molecule has 3 amide bonds. The maximum absolute atomic E-state index is 13.3. The topological polar surface area (TPSA) is 174 Å². The zero-order valence-corrected chi connectivity index (χ0v) is 34.1. The molecule has 2 unspecified atom stereocenters. The van der Waals surface area contributed by atoms with Crippen LogP contribution in [0.15, 0.2) is 42.5 Å². The number of benzene rings is 2. The Morgan fingerprint density at radius 2 is 1.86 bits per heavy atom. The van der Waals surface area contributed by atoms with Crippen LogP contribution in [0.25, 0.3) is 23.1 Å². The number of amides is 3. The molecule has 4 heterocycles. The Balaban J connectivity index is 0.00000200. The number of aldehydes is 1. The largest absolute Gasteiger partial charge is 0.372 e. The number of H-pyrrole nitrogens is 1. The van der Waals surface area contributed by atoms with Crippen molar-refractivity contribution < 1.29 is 19.2 Å². The van der Waals surface area contributed by atoms with Crippen molar-refractivity contribution in [1.82, 2.24) is 29.9 Å². The van der Waals surface area contributed by atoms with Gasteiger partial charge in [0, 0.05) is 91.1 Å². The number of piperidine rings is 1. The summed E-state index contributed by atoms with van der Waals surface area (Å²) in [6.45, 7) is 7.45. The molecule has 2 aliphatic heterocycles. The number of carbonyl (C=O) groups is 4. The fourth-order valence-corrected chi connectivity index (χ4v) is 8.02. The summed E-state index contributed by atoms with van der Waals surface area (Å²) >= 11 is 0. The van der Waals surface area contributed by atoms with E-state index < -0.39 is 6.04 Å². The highest BCUT2D eigenvalue weighted by molar-refractivity contribution is 6.01. The normalized spacial score (nSPS) is 15.4. The minimum Gasteiger partial charge on any atom is -0.372 e. The van der Waals surface area contributed by atoms with E-state index in [-0.39, 0.29) is 30.7 Å². The maximum Gasteiger partial charge on any atom is 0.255 e. The van der Waals surface area contributed by atoms with Gasteiger partial charge in [0.05, 0.1) is 17.3 Å². The van der Waals surface area contributed by atoms with E-state index in [0.717, 1.165) is 96.6 Å². The zero-order chi connectivity index (χ0) is 41.1. The SMILES string of the molecule is CNC(=O)CCC(C=O)N1Cc2c(cccc2N2CCC(CCCCCn3nc(C)c4ccc(/C=C/c5[nH]c(C(C)N(C)C)cc5C=N)cc43)CC2)C1=O.NC=O. The molecule has 2 atom stereocenters. The van der Waals surface area contributed by atoms with E-state index in [1.54, 1.807) is 11.9 Å².